The van der Waals surface area contributed by atoms with Crippen molar-refractivity contribution in [1.29, 1.82) is 0 Å². The molecule has 1 aliphatic heterocycles. The highest BCUT2D eigenvalue weighted by molar-refractivity contribution is 5.79. The van der Waals surface area contributed by atoms with Crippen LogP contribution in [0.3, 0.4) is 0 Å². The number of nitrogens with one attached hydrogen (secondary N) is 1. The molecule has 0 aliphatic carbocycles. The summed E-state index contributed by atoms with van der Waals surface area (Å²) in [5, 5.41) is 11.1. The molecule has 0 saturated heterocycles. The van der Waals surface area contributed by atoms with Gasteiger partial charge in [0.15, 0.2) is 11.5 Å². The van der Waals surface area contributed by atoms with Gasteiger partial charge in [-0.05, 0) is 30.2 Å². The second kappa shape index (κ2) is 5.72. The van der Waals surface area contributed by atoms with Crippen molar-refractivity contribution in [2.24, 2.45) is 5.92 Å². The van der Waals surface area contributed by atoms with Gasteiger partial charge in [-0.15, -0.1) is 10.2 Å². The van der Waals surface area contributed by atoms with E-state index in [1.807, 2.05) is 53.1 Å². The number of fused-ring (bicyclic) bond motifs is 2. The van der Waals surface area contributed by atoms with Gasteiger partial charge in [0.05, 0.1) is 12.5 Å². The monoisotopic (exact) mass is 308 g/mol. The zero-order valence-electron chi connectivity index (χ0n) is 12.5. The van der Waals surface area contributed by atoms with Crippen molar-refractivity contribution in [3.8, 4) is 5.75 Å². The summed E-state index contributed by atoms with van der Waals surface area (Å²) in [6, 6.07) is 13.5. The molecule has 116 valence electrons. The first-order valence-corrected chi connectivity index (χ1v) is 7.58. The molecule has 23 heavy (non-hydrogen) atoms. The summed E-state index contributed by atoms with van der Waals surface area (Å²) >= 11 is 0. The second-order valence-electron chi connectivity index (χ2n) is 5.58. The Bertz CT molecular complexity index is 858. The van der Waals surface area contributed by atoms with E-state index in [0.29, 0.717) is 25.4 Å². The van der Waals surface area contributed by atoms with Crippen LogP contribution in [0.4, 0.5) is 0 Å². The van der Waals surface area contributed by atoms with E-state index < -0.39 is 0 Å². The molecule has 3 heterocycles. The molecular formula is C17H16N4O2. The number of benzene rings is 1. The lowest BCUT2D eigenvalue weighted by Gasteiger charge is -2.24. The standard InChI is InChI=1S/C17H16N4O2/c22-17(13-9-12-5-1-2-6-14(12)23-11-13)18-10-16-20-19-15-7-3-4-8-21(15)16/h1-8,13H,9-11H2,(H,18,22). The molecule has 0 fully saturated rings. The fourth-order valence-electron chi connectivity index (χ4n) is 2.82. The van der Waals surface area contributed by atoms with Crippen molar-refractivity contribution in [3.63, 3.8) is 0 Å². The molecule has 1 unspecified atom stereocenters. The number of rotatable bonds is 3. The minimum atomic E-state index is -0.177. The fraction of sp³-hybridized carbons (Fsp3) is 0.235. The lowest BCUT2D eigenvalue weighted by Crippen LogP contribution is -2.37. The largest absolute Gasteiger partial charge is 0.492 e. The third-order valence-electron chi connectivity index (χ3n) is 4.05. The van der Waals surface area contributed by atoms with Crippen molar-refractivity contribution in [3.05, 3.63) is 60.0 Å². The van der Waals surface area contributed by atoms with Gasteiger partial charge in [-0.3, -0.25) is 9.20 Å². The topological polar surface area (TPSA) is 68.5 Å². The van der Waals surface area contributed by atoms with Crippen LogP contribution in [0.2, 0.25) is 0 Å². The summed E-state index contributed by atoms with van der Waals surface area (Å²) in [4.78, 5) is 12.4. The van der Waals surface area contributed by atoms with Gasteiger partial charge in [-0.2, -0.15) is 0 Å². The van der Waals surface area contributed by atoms with E-state index in [0.717, 1.165) is 17.0 Å². The summed E-state index contributed by atoms with van der Waals surface area (Å²) < 4.78 is 7.54. The van der Waals surface area contributed by atoms with Crippen LogP contribution in [0.15, 0.2) is 48.7 Å². The Kier molecular flexibility index (Phi) is 3.42. The van der Waals surface area contributed by atoms with Gasteiger partial charge in [0.25, 0.3) is 0 Å². The van der Waals surface area contributed by atoms with Crippen molar-refractivity contribution in [2.45, 2.75) is 13.0 Å². The Hall–Kier alpha value is -2.89. The lowest BCUT2D eigenvalue weighted by molar-refractivity contribution is -0.126. The predicted molar refractivity (Wildman–Crippen MR) is 84.0 cm³/mol. The van der Waals surface area contributed by atoms with E-state index in [9.17, 15) is 4.79 Å². The maximum atomic E-state index is 12.4. The first-order valence-electron chi connectivity index (χ1n) is 7.58. The minimum absolute atomic E-state index is 0.0211. The number of para-hydroxylation sites is 1. The summed E-state index contributed by atoms with van der Waals surface area (Å²) in [7, 11) is 0. The van der Waals surface area contributed by atoms with Crippen LogP contribution >= 0.6 is 0 Å². The molecule has 2 aromatic heterocycles. The molecule has 1 aliphatic rings. The van der Waals surface area contributed by atoms with Crippen LogP contribution < -0.4 is 10.1 Å². The van der Waals surface area contributed by atoms with Crippen LogP contribution in [0, 0.1) is 5.92 Å². The Morgan fingerprint density at radius 3 is 3.04 bits per heavy atom. The van der Waals surface area contributed by atoms with E-state index in [-0.39, 0.29) is 11.8 Å². The molecule has 6 nitrogen and oxygen atoms in total. The predicted octanol–water partition coefficient (Wildman–Crippen LogP) is 1.60. The molecule has 1 aromatic carbocycles. The number of pyridine rings is 1. The van der Waals surface area contributed by atoms with E-state index in [1.54, 1.807) is 0 Å². The van der Waals surface area contributed by atoms with E-state index in [2.05, 4.69) is 15.5 Å². The van der Waals surface area contributed by atoms with Gasteiger partial charge in [0, 0.05) is 6.20 Å². The van der Waals surface area contributed by atoms with Crippen LogP contribution in [0.1, 0.15) is 11.4 Å². The summed E-state index contributed by atoms with van der Waals surface area (Å²) in [5.74, 6) is 1.39. The molecule has 0 bridgehead atoms. The first-order chi connectivity index (χ1) is 11.3. The number of hydrogen-bond acceptors (Lipinski definition) is 4. The Balaban J connectivity index is 1.43. The minimum Gasteiger partial charge on any atom is -0.492 e. The van der Waals surface area contributed by atoms with Crippen LogP contribution in [-0.4, -0.2) is 27.1 Å². The van der Waals surface area contributed by atoms with Crippen molar-refractivity contribution in [2.75, 3.05) is 6.61 Å². The van der Waals surface area contributed by atoms with Crippen LogP contribution in [-0.2, 0) is 17.8 Å². The average molecular weight is 308 g/mol. The van der Waals surface area contributed by atoms with Gasteiger partial charge < -0.3 is 10.1 Å². The molecule has 3 aromatic rings. The Morgan fingerprint density at radius 1 is 1.22 bits per heavy atom. The third kappa shape index (κ3) is 2.63. The molecule has 4 rings (SSSR count). The first kappa shape index (κ1) is 13.8. The number of nitrogens with zero attached hydrogens (tertiary/aromatic N) is 3. The zero-order valence-corrected chi connectivity index (χ0v) is 12.5. The number of amides is 1. The maximum Gasteiger partial charge on any atom is 0.227 e. The normalized spacial score (nSPS) is 16.6. The maximum absolute atomic E-state index is 12.4. The van der Waals surface area contributed by atoms with E-state index >= 15 is 0 Å². The van der Waals surface area contributed by atoms with Gasteiger partial charge >= 0.3 is 0 Å². The van der Waals surface area contributed by atoms with Crippen molar-refractivity contribution < 1.29 is 9.53 Å². The molecule has 0 saturated carbocycles. The SMILES string of the molecule is O=C(NCc1nnc2ccccn12)C1COc2ccccc2C1. The number of carbonyl (C=O) groups is 1. The molecule has 1 atom stereocenters. The number of aromatic nitrogens is 3. The second-order valence-corrected chi connectivity index (χ2v) is 5.58. The molecular weight excluding hydrogens is 292 g/mol. The molecule has 1 N–H and O–H groups in total. The third-order valence-corrected chi connectivity index (χ3v) is 4.05. The smallest absolute Gasteiger partial charge is 0.227 e. The summed E-state index contributed by atoms with van der Waals surface area (Å²) in [6.07, 6.45) is 2.58. The van der Waals surface area contributed by atoms with Gasteiger partial charge in [-0.1, -0.05) is 24.3 Å². The highest BCUT2D eigenvalue weighted by Crippen LogP contribution is 2.26. The molecule has 1 amide bonds. The summed E-state index contributed by atoms with van der Waals surface area (Å²) in [5.41, 5.74) is 1.85. The number of hydrogen-bond donors (Lipinski definition) is 1. The van der Waals surface area contributed by atoms with E-state index in [1.165, 1.54) is 0 Å². The van der Waals surface area contributed by atoms with Gasteiger partial charge in [0.1, 0.15) is 12.4 Å². The summed E-state index contributed by atoms with van der Waals surface area (Å²) in [6.45, 7) is 0.756. The number of carbonyl (C=O) groups excluding carboxylic acids is 1. The van der Waals surface area contributed by atoms with Crippen molar-refractivity contribution >= 4 is 11.6 Å². The van der Waals surface area contributed by atoms with E-state index in [4.69, 9.17) is 4.74 Å². The molecule has 0 spiro atoms. The fourth-order valence-corrected chi connectivity index (χ4v) is 2.82. The van der Waals surface area contributed by atoms with Crippen molar-refractivity contribution in [1.82, 2.24) is 19.9 Å². The molecule has 6 heteroatoms. The van der Waals surface area contributed by atoms with Crippen LogP contribution in [0.5, 0.6) is 5.75 Å². The van der Waals surface area contributed by atoms with Gasteiger partial charge in [0.2, 0.25) is 5.91 Å². The lowest BCUT2D eigenvalue weighted by atomic mass is 9.96. The molecule has 0 radical (unpaired) electrons. The Labute approximate surface area is 133 Å². The highest BCUT2D eigenvalue weighted by atomic mass is 16.5. The van der Waals surface area contributed by atoms with Crippen LogP contribution in [0.25, 0.3) is 5.65 Å². The average Bonchev–Trinajstić information content (AvgIpc) is 3.02. The highest BCUT2D eigenvalue weighted by Gasteiger charge is 2.25. The number of ether oxygens (including phenoxy) is 1. The van der Waals surface area contributed by atoms with Gasteiger partial charge in [-0.25, -0.2) is 0 Å². The zero-order chi connectivity index (χ0) is 15.6. The Morgan fingerprint density at radius 2 is 2.09 bits per heavy atom. The quantitative estimate of drug-likeness (QED) is 0.798.